The second kappa shape index (κ2) is 6.85. The molecule has 2 atom stereocenters. The van der Waals surface area contributed by atoms with Gasteiger partial charge in [-0.05, 0) is 44.0 Å². The molecular weight excluding hydrogens is 374 g/mol. The van der Waals surface area contributed by atoms with Gasteiger partial charge in [0.15, 0.2) is 5.65 Å². The van der Waals surface area contributed by atoms with Crippen molar-refractivity contribution in [3.63, 3.8) is 0 Å². The second-order valence-electron chi connectivity index (χ2n) is 8.34. The molecule has 5 rings (SSSR count). The zero-order chi connectivity index (χ0) is 20.2. The quantitative estimate of drug-likeness (QED) is 0.729. The highest BCUT2D eigenvalue weighted by Gasteiger charge is 2.38. The Morgan fingerprint density at radius 1 is 1.24 bits per heavy atom. The molecule has 1 saturated heterocycles. The molecule has 3 aromatic rings. The smallest absolute Gasteiger partial charge is 0.159 e. The van der Waals surface area contributed by atoms with Gasteiger partial charge >= 0.3 is 0 Å². The highest BCUT2D eigenvalue weighted by molar-refractivity contribution is 5.79. The van der Waals surface area contributed by atoms with Crippen LogP contribution >= 0.6 is 0 Å². The Morgan fingerprint density at radius 2 is 2.03 bits per heavy atom. The standard InChI is InChI=1S/C22H24F2N4O/c1-22(29,14-4-6-15(24)7-5-14)13-28-18-8-10-27-9-2-3-17(27)19(18)20-21(28)25-12-16(11-23)26-20/h4-7,12,17,29H,2-3,8-11,13H2,1H3. The molecule has 1 fully saturated rings. The summed E-state index contributed by atoms with van der Waals surface area (Å²) in [6.07, 6.45) is 4.51. The highest BCUT2D eigenvalue weighted by atomic mass is 19.1. The van der Waals surface area contributed by atoms with E-state index in [2.05, 4.69) is 14.9 Å². The summed E-state index contributed by atoms with van der Waals surface area (Å²) in [5.41, 5.74) is 3.47. The lowest BCUT2D eigenvalue weighted by Gasteiger charge is -2.32. The van der Waals surface area contributed by atoms with Gasteiger partial charge in [0, 0.05) is 30.3 Å². The van der Waals surface area contributed by atoms with Gasteiger partial charge in [-0.3, -0.25) is 4.90 Å². The first-order chi connectivity index (χ1) is 14.0. The van der Waals surface area contributed by atoms with E-state index < -0.39 is 12.3 Å². The number of nitrogens with zero attached hydrogens (tertiary/aromatic N) is 4. The Hall–Kier alpha value is -2.38. The predicted octanol–water partition coefficient (Wildman–Crippen LogP) is 3.64. The number of alkyl halides is 1. The molecule has 5 nitrogen and oxygen atoms in total. The minimum Gasteiger partial charge on any atom is -0.384 e. The molecule has 0 radical (unpaired) electrons. The molecule has 0 saturated carbocycles. The Labute approximate surface area is 168 Å². The first kappa shape index (κ1) is 18.6. The maximum Gasteiger partial charge on any atom is 0.159 e. The first-order valence-electron chi connectivity index (χ1n) is 10.1. The lowest BCUT2D eigenvalue weighted by Crippen LogP contribution is -2.33. The lowest BCUT2D eigenvalue weighted by atomic mass is 9.95. The van der Waals surface area contributed by atoms with Crippen molar-refractivity contribution in [3.8, 4) is 0 Å². The number of hydrogen-bond acceptors (Lipinski definition) is 4. The molecule has 2 unspecified atom stereocenters. The summed E-state index contributed by atoms with van der Waals surface area (Å²) in [6, 6.07) is 6.22. The van der Waals surface area contributed by atoms with E-state index >= 15 is 0 Å². The molecule has 1 N–H and O–H groups in total. The number of aliphatic hydroxyl groups is 1. The predicted molar refractivity (Wildman–Crippen MR) is 106 cm³/mol. The van der Waals surface area contributed by atoms with Crippen molar-refractivity contribution >= 4 is 11.2 Å². The van der Waals surface area contributed by atoms with Crippen LogP contribution in [0.3, 0.4) is 0 Å². The van der Waals surface area contributed by atoms with Crippen LogP contribution in [0, 0.1) is 5.82 Å². The molecule has 0 amide bonds. The zero-order valence-corrected chi connectivity index (χ0v) is 16.4. The summed E-state index contributed by atoms with van der Waals surface area (Å²) < 4.78 is 28.7. The number of rotatable bonds is 4. The summed E-state index contributed by atoms with van der Waals surface area (Å²) in [5, 5.41) is 11.2. The van der Waals surface area contributed by atoms with Crippen molar-refractivity contribution in [2.24, 2.45) is 0 Å². The topological polar surface area (TPSA) is 54.2 Å². The van der Waals surface area contributed by atoms with Crippen molar-refractivity contribution in [2.75, 3.05) is 13.1 Å². The van der Waals surface area contributed by atoms with Crippen LogP contribution in [0.4, 0.5) is 8.78 Å². The summed E-state index contributed by atoms with van der Waals surface area (Å²) >= 11 is 0. The van der Waals surface area contributed by atoms with E-state index in [4.69, 9.17) is 0 Å². The summed E-state index contributed by atoms with van der Waals surface area (Å²) in [5.74, 6) is -0.334. The van der Waals surface area contributed by atoms with Gasteiger partial charge in [0.2, 0.25) is 0 Å². The SMILES string of the molecule is CC(O)(Cn1c2c(c3nc(CF)cnc31)C1CCCN1CC2)c1ccc(F)cc1. The molecule has 7 heteroatoms. The minimum atomic E-state index is -1.21. The van der Waals surface area contributed by atoms with E-state index in [1.165, 1.54) is 18.3 Å². The number of benzene rings is 1. The maximum absolute atomic E-state index is 13.3. The third-order valence-corrected chi connectivity index (χ3v) is 6.35. The average Bonchev–Trinajstić information content (AvgIpc) is 3.30. The van der Waals surface area contributed by atoms with Gasteiger partial charge in [0.05, 0.1) is 18.4 Å². The van der Waals surface area contributed by atoms with Crippen molar-refractivity contribution in [1.82, 2.24) is 19.4 Å². The van der Waals surface area contributed by atoms with E-state index in [1.807, 2.05) is 4.57 Å². The van der Waals surface area contributed by atoms with Crippen LogP contribution in [0.1, 0.15) is 48.3 Å². The number of halogens is 2. The zero-order valence-electron chi connectivity index (χ0n) is 16.4. The molecule has 1 aromatic carbocycles. The summed E-state index contributed by atoms with van der Waals surface area (Å²) in [7, 11) is 0. The molecule has 0 aliphatic carbocycles. The van der Waals surface area contributed by atoms with Gasteiger partial charge in [-0.2, -0.15) is 0 Å². The van der Waals surface area contributed by atoms with E-state index in [1.54, 1.807) is 19.1 Å². The minimum absolute atomic E-state index is 0.279. The van der Waals surface area contributed by atoms with E-state index in [-0.39, 0.29) is 18.4 Å². The fourth-order valence-corrected chi connectivity index (χ4v) is 4.94. The molecule has 2 aliphatic rings. The van der Waals surface area contributed by atoms with Gasteiger partial charge in [0.25, 0.3) is 0 Å². The largest absolute Gasteiger partial charge is 0.384 e. The van der Waals surface area contributed by atoms with Gasteiger partial charge in [-0.25, -0.2) is 18.7 Å². The van der Waals surface area contributed by atoms with Gasteiger partial charge in [-0.15, -0.1) is 0 Å². The van der Waals surface area contributed by atoms with E-state index in [0.29, 0.717) is 16.9 Å². The monoisotopic (exact) mass is 398 g/mol. The molecule has 0 bridgehead atoms. The Balaban J connectivity index is 1.65. The number of hydrogen-bond donors (Lipinski definition) is 1. The normalized spacial score (nSPS) is 21.2. The van der Waals surface area contributed by atoms with Crippen LogP contribution in [-0.2, 0) is 25.2 Å². The summed E-state index contributed by atoms with van der Waals surface area (Å²) in [4.78, 5) is 11.6. The molecular formula is C22H24F2N4O. The van der Waals surface area contributed by atoms with E-state index in [0.717, 1.165) is 49.1 Å². The maximum atomic E-state index is 13.3. The van der Waals surface area contributed by atoms with Crippen LogP contribution in [-0.4, -0.2) is 37.6 Å². The first-order valence-corrected chi connectivity index (χ1v) is 10.1. The fourth-order valence-electron chi connectivity index (χ4n) is 4.94. The highest BCUT2D eigenvalue weighted by Crippen LogP contribution is 2.42. The van der Waals surface area contributed by atoms with Crippen LogP contribution in [0.25, 0.3) is 11.2 Å². The second-order valence-corrected chi connectivity index (χ2v) is 8.34. The van der Waals surface area contributed by atoms with Crippen molar-refractivity contribution in [1.29, 1.82) is 0 Å². The van der Waals surface area contributed by atoms with Crippen LogP contribution < -0.4 is 0 Å². The Morgan fingerprint density at radius 3 is 2.79 bits per heavy atom. The molecule has 2 aliphatic heterocycles. The fraction of sp³-hybridized carbons (Fsp3) is 0.455. The van der Waals surface area contributed by atoms with Crippen LogP contribution in [0.2, 0.25) is 0 Å². The molecule has 152 valence electrons. The Bertz CT molecular complexity index is 1060. The average molecular weight is 398 g/mol. The van der Waals surface area contributed by atoms with Crippen LogP contribution in [0.15, 0.2) is 30.5 Å². The van der Waals surface area contributed by atoms with Crippen molar-refractivity contribution in [2.45, 2.75) is 51.0 Å². The van der Waals surface area contributed by atoms with Gasteiger partial charge in [0.1, 0.15) is 23.6 Å². The number of aromatic nitrogens is 3. The van der Waals surface area contributed by atoms with Crippen LogP contribution in [0.5, 0.6) is 0 Å². The molecule has 29 heavy (non-hydrogen) atoms. The number of fused-ring (bicyclic) bond motifs is 5. The van der Waals surface area contributed by atoms with Gasteiger partial charge < -0.3 is 9.67 Å². The van der Waals surface area contributed by atoms with Crippen molar-refractivity contribution < 1.29 is 13.9 Å². The van der Waals surface area contributed by atoms with Crippen molar-refractivity contribution in [3.05, 3.63) is 58.8 Å². The summed E-state index contributed by atoms with van der Waals surface area (Å²) in [6.45, 7) is 3.39. The lowest BCUT2D eigenvalue weighted by molar-refractivity contribution is 0.0381. The Kier molecular flexibility index (Phi) is 4.40. The molecule has 0 spiro atoms. The third kappa shape index (κ3) is 3.04. The molecule has 2 aromatic heterocycles. The van der Waals surface area contributed by atoms with Gasteiger partial charge in [-0.1, -0.05) is 12.1 Å². The van der Waals surface area contributed by atoms with E-state index in [9.17, 15) is 13.9 Å². The molecule has 4 heterocycles. The third-order valence-electron chi connectivity index (χ3n) is 6.35.